The Balaban J connectivity index is 1.97. The molecule has 2 heterocycles. The minimum atomic E-state index is -3.14. The zero-order valence-corrected chi connectivity index (χ0v) is 22.1. The minimum absolute atomic E-state index is 0.0163. The van der Waals surface area contributed by atoms with E-state index in [1.165, 1.54) is 6.26 Å². The fourth-order valence-corrected chi connectivity index (χ4v) is 6.14. The van der Waals surface area contributed by atoms with Gasteiger partial charge in [0, 0.05) is 17.4 Å². The third-order valence-electron chi connectivity index (χ3n) is 6.22. The summed E-state index contributed by atoms with van der Waals surface area (Å²) < 4.78 is 29.0. The highest BCUT2D eigenvalue weighted by Gasteiger charge is 2.42. The number of morpholine rings is 1. The van der Waals surface area contributed by atoms with Crippen molar-refractivity contribution in [3.8, 4) is 11.8 Å². The molecule has 34 heavy (non-hydrogen) atoms. The lowest BCUT2D eigenvalue weighted by Crippen LogP contribution is -2.57. The first-order chi connectivity index (χ1) is 15.9. The SMILES string of the molecule is CC(C)(C)C#Cc1cc(N2C(=O)C(CCCS(C)(=O)=O)OC[C@H]2C2CCCCC2)c(C(=O)O)s1. The number of nitrogens with zero attached hydrogens (tertiary/aromatic N) is 1. The number of thiophene rings is 1. The molecule has 0 aromatic carbocycles. The molecule has 1 saturated carbocycles. The van der Waals surface area contributed by atoms with Crippen LogP contribution in [0.15, 0.2) is 6.07 Å². The van der Waals surface area contributed by atoms with Crippen LogP contribution >= 0.6 is 11.3 Å². The molecule has 1 saturated heterocycles. The third kappa shape index (κ3) is 7.06. The number of carboxylic acids is 1. The van der Waals surface area contributed by atoms with Gasteiger partial charge in [0.05, 0.1) is 23.2 Å². The van der Waals surface area contributed by atoms with E-state index in [9.17, 15) is 23.1 Å². The maximum absolute atomic E-state index is 13.7. The number of rotatable bonds is 7. The number of amides is 1. The molecule has 1 aliphatic heterocycles. The van der Waals surface area contributed by atoms with Crippen LogP contribution in [0.25, 0.3) is 0 Å². The molecule has 0 bridgehead atoms. The summed E-state index contributed by atoms with van der Waals surface area (Å²) in [5, 5.41) is 9.94. The quantitative estimate of drug-likeness (QED) is 0.549. The minimum Gasteiger partial charge on any atom is -0.477 e. The molecular formula is C25H35NO6S2. The van der Waals surface area contributed by atoms with Gasteiger partial charge in [-0.2, -0.15) is 0 Å². The van der Waals surface area contributed by atoms with Crippen LogP contribution < -0.4 is 4.90 Å². The Hall–Kier alpha value is -1.89. The molecule has 1 aromatic rings. The van der Waals surface area contributed by atoms with E-state index in [-0.39, 0.29) is 40.3 Å². The summed E-state index contributed by atoms with van der Waals surface area (Å²) >= 11 is 1.09. The van der Waals surface area contributed by atoms with E-state index in [0.29, 0.717) is 23.6 Å². The second-order valence-corrected chi connectivity index (χ2v) is 13.7. The molecule has 1 unspecified atom stereocenters. The molecule has 2 fully saturated rings. The number of ether oxygens (including phenoxy) is 1. The fourth-order valence-electron chi connectivity index (χ4n) is 4.60. The maximum atomic E-state index is 13.7. The average molecular weight is 510 g/mol. The predicted octanol–water partition coefficient (Wildman–Crippen LogP) is 4.35. The van der Waals surface area contributed by atoms with E-state index in [1.54, 1.807) is 11.0 Å². The molecule has 2 atom stereocenters. The summed E-state index contributed by atoms with van der Waals surface area (Å²) in [6.45, 7) is 6.27. The molecule has 3 rings (SSSR count). The number of sulfone groups is 1. The summed E-state index contributed by atoms with van der Waals surface area (Å²) in [5.41, 5.74) is 0.144. The van der Waals surface area contributed by atoms with Crippen molar-refractivity contribution in [3.05, 3.63) is 15.8 Å². The number of hydrogen-bond acceptors (Lipinski definition) is 6. The van der Waals surface area contributed by atoms with Gasteiger partial charge in [0.1, 0.15) is 20.8 Å². The zero-order valence-electron chi connectivity index (χ0n) is 20.4. The largest absolute Gasteiger partial charge is 0.477 e. The van der Waals surface area contributed by atoms with Crippen molar-refractivity contribution in [2.24, 2.45) is 11.3 Å². The van der Waals surface area contributed by atoms with E-state index in [1.807, 2.05) is 20.8 Å². The van der Waals surface area contributed by atoms with Crippen LogP contribution in [0.3, 0.4) is 0 Å². The number of carbonyl (C=O) groups excluding carboxylic acids is 1. The van der Waals surface area contributed by atoms with Gasteiger partial charge >= 0.3 is 5.97 Å². The van der Waals surface area contributed by atoms with Crippen molar-refractivity contribution in [1.82, 2.24) is 0 Å². The number of aromatic carboxylic acids is 1. The van der Waals surface area contributed by atoms with Crippen molar-refractivity contribution >= 4 is 38.7 Å². The molecule has 1 aromatic heterocycles. The van der Waals surface area contributed by atoms with Crippen LogP contribution in [0.1, 0.15) is 80.3 Å². The molecular weight excluding hydrogens is 474 g/mol. The molecule has 9 heteroatoms. The fraction of sp³-hybridized carbons (Fsp3) is 0.680. The molecule has 1 amide bonds. The maximum Gasteiger partial charge on any atom is 0.348 e. The Morgan fingerprint density at radius 3 is 2.53 bits per heavy atom. The van der Waals surface area contributed by atoms with Crippen LogP contribution in [-0.4, -0.2) is 56.2 Å². The van der Waals surface area contributed by atoms with E-state index < -0.39 is 21.9 Å². The highest BCUT2D eigenvalue weighted by atomic mass is 32.2. The van der Waals surface area contributed by atoms with Gasteiger partial charge in [0.15, 0.2) is 0 Å². The van der Waals surface area contributed by atoms with Crippen molar-refractivity contribution in [3.63, 3.8) is 0 Å². The van der Waals surface area contributed by atoms with Gasteiger partial charge in [0.2, 0.25) is 0 Å². The van der Waals surface area contributed by atoms with E-state index in [4.69, 9.17) is 4.74 Å². The molecule has 188 valence electrons. The Kier molecular flexibility index (Phi) is 8.48. The lowest BCUT2D eigenvalue weighted by atomic mass is 9.82. The van der Waals surface area contributed by atoms with Gasteiger partial charge in [-0.05, 0) is 58.4 Å². The lowest BCUT2D eigenvalue weighted by Gasteiger charge is -2.44. The second-order valence-electron chi connectivity index (χ2n) is 10.4. The van der Waals surface area contributed by atoms with Gasteiger partial charge in [-0.25, -0.2) is 13.2 Å². The van der Waals surface area contributed by atoms with Gasteiger partial charge < -0.3 is 14.7 Å². The van der Waals surface area contributed by atoms with Crippen LogP contribution in [-0.2, 0) is 19.4 Å². The molecule has 2 aliphatic rings. The van der Waals surface area contributed by atoms with Gasteiger partial charge in [0.25, 0.3) is 5.91 Å². The topological polar surface area (TPSA) is 101 Å². The van der Waals surface area contributed by atoms with E-state index in [2.05, 4.69) is 11.8 Å². The first-order valence-electron chi connectivity index (χ1n) is 11.9. The normalized spacial score (nSPS) is 22.4. The Morgan fingerprint density at radius 1 is 1.26 bits per heavy atom. The second kappa shape index (κ2) is 10.8. The Labute approximate surface area is 206 Å². The predicted molar refractivity (Wildman–Crippen MR) is 134 cm³/mol. The van der Waals surface area contributed by atoms with Crippen molar-refractivity contribution < 1.29 is 27.9 Å². The molecule has 1 N–H and O–H groups in total. The van der Waals surface area contributed by atoms with Gasteiger partial charge in [-0.1, -0.05) is 31.1 Å². The summed E-state index contributed by atoms with van der Waals surface area (Å²) in [7, 11) is -3.14. The van der Waals surface area contributed by atoms with E-state index >= 15 is 0 Å². The van der Waals surface area contributed by atoms with Crippen molar-refractivity contribution in [2.75, 3.05) is 23.5 Å². The van der Waals surface area contributed by atoms with Gasteiger partial charge in [-0.15, -0.1) is 11.3 Å². The van der Waals surface area contributed by atoms with Crippen LogP contribution in [0.2, 0.25) is 0 Å². The third-order valence-corrected chi connectivity index (χ3v) is 8.27. The molecule has 7 nitrogen and oxygen atoms in total. The summed E-state index contributed by atoms with van der Waals surface area (Å²) in [6.07, 6.45) is 6.26. The van der Waals surface area contributed by atoms with E-state index in [0.717, 1.165) is 43.4 Å². The highest BCUT2D eigenvalue weighted by molar-refractivity contribution is 7.90. The van der Waals surface area contributed by atoms with Crippen LogP contribution in [0.4, 0.5) is 5.69 Å². The number of carbonyl (C=O) groups is 2. The zero-order chi connectivity index (χ0) is 25.1. The van der Waals surface area contributed by atoms with Crippen molar-refractivity contribution in [2.45, 2.75) is 77.9 Å². The first-order valence-corrected chi connectivity index (χ1v) is 14.8. The number of hydrogen-bond donors (Lipinski definition) is 1. The monoisotopic (exact) mass is 509 g/mol. The van der Waals surface area contributed by atoms with Crippen molar-refractivity contribution in [1.29, 1.82) is 0 Å². The lowest BCUT2D eigenvalue weighted by molar-refractivity contribution is -0.138. The average Bonchev–Trinajstić information content (AvgIpc) is 3.17. The molecule has 1 aliphatic carbocycles. The highest BCUT2D eigenvalue weighted by Crippen LogP contribution is 2.39. The number of anilines is 1. The standard InChI is InChI=1S/C25H35NO6S2/c1-25(2,3)13-12-18-15-19(22(33-18)24(28)29)26-20(17-9-6-5-7-10-17)16-32-21(23(26)27)11-8-14-34(4,30)31/h15,17,20-21H,5-11,14,16H2,1-4H3,(H,28,29)/t20-,21?/m0/s1. The van der Waals surface area contributed by atoms with Crippen LogP contribution in [0.5, 0.6) is 0 Å². The summed E-state index contributed by atoms with van der Waals surface area (Å²) in [4.78, 5) is 28.2. The number of carboxylic acid groups (broad SMARTS) is 1. The first kappa shape index (κ1) is 26.7. The Bertz CT molecular complexity index is 1070. The Morgan fingerprint density at radius 2 is 1.94 bits per heavy atom. The molecule has 0 spiro atoms. The smallest absolute Gasteiger partial charge is 0.348 e. The van der Waals surface area contributed by atoms with Crippen LogP contribution in [0, 0.1) is 23.2 Å². The summed E-state index contributed by atoms with van der Waals surface area (Å²) in [5.74, 6) is 5.07. The van der Waals surface area contributed by atoms with Gasteiger partial charge in [-0.3, -0.25) is 4.79 Å². The molecule has 0 radical (unpaired) electrons. The summed E-state index contributed by atoms with van der Waals surface area (Å²) in [6, 6.07) is 1.48.